The molecule has 7 nitrogen and oxygen atoms in total. The molecule has 7 heteroatoms. The minimum atomic E-state index is -1.04. The largest absolute Gasteiger partial charge is 0.481 e. The fraction of sp³-hybridized carbons (Fsp3) is 0.0556. The van der Waals surface area contributed by atoms with Gasteiger partial charge in [-0.25, -0.2) is 4.79 Å². The topological polar surface area (TPSA) is 106 Å². The van der Waals surface area contributed by atoms with Crippen LogP contribution < -0.4 is 15.5 Å². The van der Waals surface area contributed by atoms with Crippen LogP contribution in [0.3, 0.4) is 0 Å². The van der Waals surface area contributed by atoms with Gasteiger partial charge < -0.3 is 14.3 Å². The normalized spacial score (nSPS) is 12.6. The van der Waals surface area contributed by atoms with Crippen molar-refractivity contribution in [2.75, 3.05) is 5.32 Å². The van der Waals surface area contributed by atoms with Crippen molar-refractivity contribution in [1.29, 1.82) is 0 Å². The van der Waals surface area contributed by atoms with E-state index in [1.807, 2.05) is 0 Å². The molecular weight excluding hydrogens is 326 g/mol. The number of fused-ring (bicyclic) bond motifs is 4. The number of nitrogens with one attached hydrogen (secondary N) is 1. The summed E-state index contributed by atoms with van der Waals surface area (Å²) in [6.45, 7) is 0. The fourth-order valence-electron chi connectivity index (χ4n) is 2.85. The number of aliphatic carboxylic acids is 1. The first-order chi connectivity index (χ1) is 12.0. The zero-order valence-corrected chi connectivity index (χ0v) is 12.7. The van der Waals surface area contributed by atoms with Gasteiger partial charge in [-0.15, -0.1) is 0 Å². The van der Waals surface area contributed by atoms with Crippen LogP contribution >= 0.6 is 0 Å². The van der Waals surface area contributed by atoms with E-state index >= 15 is 0 Å². The highest BCUT2D eigenvalue weighted by Crippen LogP contribution is 2.38. The van der Waals surface area contributed by atoms with Gasteiger partial charge in [0.1, 0.15) is 17.0 Å². The van der Waals surface area contributed by atoms with Gasteiger partial charge in [-0.1, -0.05) is 24.3 Å². The number of amides is 1. The molecule has 4 rings (SSSR count). The Morgan fingerprint density at radius 3 is 2.68 bits per heavy atom. The summed E-state index contributed by atoms with van der Waals surface area (Å²) in [6.07, 6.45) is -1.08. The molecule has 0 aliphatic carbocycles. The van der Waals surface area contributed by atoms with Crippen molar-refractivity contribution in [2.45, 2.75) is 6.42 Å². The monoisotopic (exact) mass is 337 g/mol. The second-order valence-electron chi connectivity index (χ2n) is 5.51. The molecule has 25 heavy (non-hydrogen) atoms. The lowest BCUT2D eigenvalue weighted by molar-refractivity contribution is -0.136. The van der Waals surface area contributed by atoms with Gasteiger partial charge in [-0.2, -0.15) is 0 Å². The van der Waals surface area contributed by atoms with Gasteiger partial charge >= 0.3 is 12.1 Å². The molecule has 1 aliphatic heterocycles. The zero-order chi connectivity index (χ0) is 17.6. The van der Waals surface area contributed by atoms with Gasteiger partial charge in [-0.3, -0.25) is 14.9 Å². The molecule has 2 heterocycles. The smallest absolute Gasteiger partial charge is 0.417 e. The number of carboxylic acids is 1. The van der Waals surface area contributed by atoms with Crippen LogP contribution in [0.1, 0.15) is 5.56 Å². The van der Waals surface area contributed by atoms with Gasteiger partial charge in [0.2, 0.25) is 5.43 Å². The van der Waals surface area contributed by atoms with Crippen LogP contribution in [0.15, 0.2) is 51.7 Å². The predicted molar refractivity (Wildman–Crippen MR) is 88.9 cm³/mol. The van der Waals surface area contributed by atoms with E-state index in [1.54, 1.807) is 36.4 Å². The Bertz CT molecular complexity index is 1100. The first kappa shape index (κ1) is 14.9. The first-order valence-corrected chi connectivity index (χ1v) is 7.43. The van der Waals surface area contributed by atoms with E-state index in [2.05, 4.69) is 5.32 Å². The van der Waals surface area contributed by atoms with Crippen molar-refractivity contribution in [3.63, 3.8) is 0 Å². The van der Waals surface area contributed by atoms with Crippen LogP contribution in [-0.2, 0) is 11.2 Å². The molecule has 0 fully saturated rings. The van der Waals surface area contributed by atoms with Gasteiger partial charge in [0.15, 0.2) is 5.76 Å². The molecule has 124 valence electrons. The summed E-state index contributed by atoms with van der Waals surface area (Å²) in [5.74, 6) is -0.657. The SMILES string of the molecule is O=C(O)Cc1cccc2c(=O)c3c(oc12)-c1ccccc1OC(=O)N3. The molecule has 0 spiro atoms. The van der Waals surface area contributed by atoms with Crippen molar-refractivity contribution in [2.24, 2.45) is 0 Å². The predicted octanol–water partition coefficient (Wildman–Crippen LogP) is 3.01. The number of hydrogen-bond donors (Lipinski definition) is 2. The summed E-state index contributed by atoms with van der Waals surface area (Å²) in [7, 11) is 0. The quantitative estimate of drug-likeness (QED) is 0.744. The highest BCUT2D eigenvalue weighted by Gasteiger charge is 2.26. The Kier molecular flexibility index (Phi) is 3.28. The number of hydrogen-bond acceptors (Lipinski definition) is 5. The maximum atomic E-state index is 12.8. The molecular formula is C18H11NO6. The summed E-state index contributed by atoms with van der Waals surface area (Å²) >= 11 is 0. The van der Waals surface area contributed by atoms with Crippen LogP contribution in [0, 0.1) is 0 Å². The molecule has 1 aromatic heterocycles. The van der Waals surface area contributed by atoms with Crippen LogP contribution in [0.4, 0.5) is 10.5 Å². The number of rotatable bonds is 2. The summed E-state index contributed by atoms with van der Waals surface area (Å²) in [4.78, 5) is 35.8. The van der Waals surface area contributed by atoms with E-state index in [0.717, 1.165) is 0 Å². The first-order valence-electron chi connectivity index (χ1n) is 7.43. The standard InChI is InChI=1S/C18H11NO6/c20-13(21)8-9-4-3-6-11-15(22)14-17(25-16(9)11)10-5-1-2-7-12(10)24-18(23)19-14/h1-7H,8H2,(H,19,23)(H,20,21). The second-order valence-corrected chi connectivity index (χ2v) is 5.51. The van der Waals surface area contributed by atoms with Crippen LogP contribution in [-0.4, -0.2) is 17.2 Å². The Labute approximate surface area is 140 Å². The fourth-order valence-corrected chi connectivity index (χ4v) is 2.85. The van der Waals surface area contributed by atoms with Gasteiger partial charge in [-0.05, 0) is 18.2 Å². The third-order valence-corrected chi connectivity index (χ3v) is 3.90. The molecule has 3 aromatic rings. The van der Waals surface area contributed by atoms with Gasteiger partial charge in [0.25, 0.3) is 0 Å². The summed E-state index contributed by atoms with van der Waals surface area (Å²) < 4.78 is 11.1. The van der Waals surface area contributed by atoms with Crippen molar-refractivity contribution in [3.05, 3.63) is 58.3 Å². The highest BCUT2D eigenvalue weighted by molar-refractivity contribution is 5.99. The summed E-state index contributed by atoms with van der Waals surface area (Å²) in [6, 6.07) is 11.3. The minimum absolute atomic E-state index is 0.0325. The van der Waals surface area contributed by atoms with Crippen LogP contribution in [0.25, 0.3) is 22.3 Å². The third kappa shape index (κ3) is 2.42. The molecule has 0 bridgehead atoms. The van der Waals surface area contributed by atoms with Crippen molar-refractivity contribution in [1.82, 2.24) is 0 Å². The molecule has 2 N–H and O–H groups in total. The number of carboxylic acid groups (broad SMARTS) is 1. The Morgan fingerprint density at radius 2 is 1.88 bits per heavy atom. The van der Waals surface area contributed by atoms with Crippen LogP contribution in [0.5, 0.6) is 5.75 Å². The number of ether oxygens (including phenoxy) is 1. The third-order valence-electron chi connectivity index (χ3n) is 3.90. The van der Waals surface area contributed by atoms with E-state index in [0.29, 0.717) is 11.1 Å². The lowest BCUT2D eigenvalue weighted by Crippen LogP contribution is -2.20. The number of benzene rings is 2. The molecule has 0 saturated carbocycles. The average molecular weight is 337 g/mol. The van der Waals surface area contributed by atoms with Crippen LogP contribution in [0.2, 0.25) is 0 Å². The molecule has 1 amide bonds. The molecule has 0 unspecified atom stereocenters. The molecule has 0 atom stereocenters. The van der Waals surface area contributed by atoms with E-state index in [9.17, 15) is 14.4 Å². The maximum Gasteiger partial charge on any atom is 0.417 e. The van der Waals surface area contributed by atoms with Gasteiger partial charge in [0.05, 0.1) is 17.4 Å². The minimum Gasteiger partial charge on any atom is -0.481 e. The van der Waals surface area contributed by atoms with E-state index in [1.165, 1.54) is 6.07 Å². The van der Waals surface area contributed by atoms with E-state index in [4.69, 9.17) is 14.3 Å². The Balaban J connectivity index is 2.10. The zero-order valence-electron chi connectivity index (χ0n) is 12.7. The molecule has 0 saturated heterocycles. The summed E-state index contributed by atoms with van der Waals surface area (Å²) in [5, 5.41) is 11.7. The lowest BCUT2D eigenvalue weighted by Gasteiger charge is -2.09. The number of anilines is 1. The van der Waals surface area contributed by atoms with E-state index in [-0.39, 0.29) is 34.6 Å². The number of carbonyl (C=O) groups is 2. The highest BCUT2D eigenvalue weighted by atomic mass is 16.6. The van der Waals surface area contributed by atoms with E-state index < -0.39 is 17.5 Å². The summed E-state index contributed by atoms with van der Waals surface area (Å²) in [5.41, 5.74) is 0.491. The van der Waals surface area contributed by atoms with Gasteiger partial charge in [0, 0.05) is 5.56 Å². The number of carbonyl (C=O) groups excluding carboxylic acids is 1. The molecule has 1 aliphatic rings. The maximum absolute atomic E-state index is 12.8. The van der Waals surface area contributed by atoms with Crippen molar-refractivity contribution < 1.29 is 23.8 Å². The van der Waals surface area contributed by atoms with Crippen molar-refractivity contribution >= 4 is 28.7 Å². The van der Waals surface area contributed by atoms with Crippen molar-refractivity contribution in [3.8, 4) is 17.1 Å². The molecule has 0 radical (unpaired) electrons. The second kappa shape index (κ2) is 5.48. The number of para-hydroxylation sites is 2. The lowest BCUT2D eigenvalue weighted by atomic mass is 10.0. The Morgan fingerprint density at radius 1 is 1.08 bits per heavy atom. The molecule has 2 aromatic carbocycles. The average Bonchev–Trinajstić information content (AvgIpc) is 2.72. The Hall–Kier alpha value is -3.61.